The molecular weight excluding hydrogens is 371 g/mol. The molecule has 0 bridgehead atoms. The minimum absolute atomic E-state index is 0.307. The number of nitrogens with zero attached hydrogens (tertiary/aromatic N) is 3. The van der Waals surface area contributed by atoms with Gasteiger partial charge in [0.05, 0.1) is 23.4 Å². The van der Waals surface area contributed by atoms with Crippen molar-refractivity contribution in [2.24, 2.45) is 0 Å². The third kappa shape index (κ3) is 3.62. The molecule has 4 rings (SSSR count). The minimum Gasteiger partial charge on any atom is -0.485 e. The van der Waals surface area contributed by atoms with E-state index in [2.05, 4.69) is 21.4 Å². The first kappa shape index (κ1) is 18.8. The fourth-order valence-electron chi connectivity index (χ4n) is 3.37. The molecular formula is C22H19FN4O2. The Bertz CT molecular complexity index is 1090. The van der Waals surface area contributed by atoms with Gasteiger partial charge in [-0.15, -0.1) is 0 Å². The van der Waals surface area contributed by atoms with Crippen molar-refractivity contribution < 1.29 is 14.2 Å². The van der Waals surface area contributed by atoms with Crippen LogP contribution < -0.4 is 10.1 Å². The van der Waals surface area contributed by atoms with Gasteiger partial charge in [-0.05, 0) is 62.4 Å². The van der Waals surface area contributed by atoms with Gasteiger partial charge in [0.2, 0.25) is 5.95 Å². The van der Waals surface area contributed by atoms with Gasteiger partial charge >= 0.3 is 0 Å². The summed E-state index contributed by atoms with van der Waals surface area (Å²) in [5.41, 5.74) is 1.64. The monoisotopic (exact) mass is 390 g/mol. The van der Waals surface area contributed by atoms with Gasteiger partial charge < -0.3 is 15.2 Å². The lowest BCUT2D eigenvalue weighted by Gasteiger charge is -2.42. The first-order valence-electron chi connectivity index (χ1n) is 9.14. The fraction of sp³-hybridized carbons (Fsp3) is 0.227. The normalized spacial score (nSPS) is 19.6. The summed E-state index contributed by atoms with van der Waals surface area (Å²) in [6, 6.07) is 14.4. The topological polar surface area (TPSA) is 91.1 Å². The summed E-state index contributed by atoms with van der Waals surface area (Å²) >= 11 is 0. The SMILES string of the molecule is CC1(C)Oc2ccc(C#N)cc2[C@H](Nc2nccc(-c3ccc(F)cc3)n2)[C@H]1O. The number of aliphatic hydroxyl groups is 1. The van der Waals surface area contributed by atoms with Gasteiger partial charge in [0.25, 0.3) is 0 Å². The number of aliphatic hydroxyl groups excluding tert-OH is 1. The maximum absolute atomic E-state index is 13.2. The van der Waals surface area contributed by atoms with Crippen molar-refractivity contribution >= 4 is 5.95 Å². The van der Waals surface area contributed by atoms with Gasteiger partial charge in [-0.2, -0.15) is 5.26 Å². The number of benzene rings is 2. The molecule has 0 amide bonds. The largest absolute Gasteiger partial charge is 0.485 e. The third-order valence-corrected chi connectivity index (χ3v) is 4.96. The summed E-state index contributed by atoms with van der Waals surface area (Å²) in [5, 5.41) is 23.3. The number of nitrogens with one attached hydrogen (secondary N) is 1. The van der Waals surface area contributed by atoms with E-state index < -0.39 is 17.7 Å². The van der Waals surface area contributed by atoms with Crippen molar-refractivity contribution in [3.05, 3.63) is 71.7 Å². The molecule has 6 nitrogen and oxygen atoms in total. The lowest BCUT2D eigenvalue weighted by Crippen LogP contribution is -2.50. The molecule has 1 aliphatic rings. The van der Waals surface area contributed by atoms with Gasteiger partial charge in [-0.3, -0.25) is 0 Å². The summed E-state index contributed by atoms with van der Waals surface area (Å²) < 4.78 is 19.1. The third-order valence-electron chi connectivity index (χ3n) is 4.96. The van der Waals surface area contributed by atoms with E-state index in [1.165, 1.54) is 12.1 Å². The Labute approximate surface area is 167 Å². The number of hydrogen-bond donors (Lipinski definition) is 2. The Kier molecular flexibility index (Phi) is 4.65. The van der Waals surface area contributed by atoms with Crippen molar-refractivity contribution in [2.75, 3.05) is 5.32 Å². The lowest BCUT2D eigenvalue weighted by molar-refractivity contribution is -0.0534. The van der Waals surface area contributed by atoms with E-state index in [9.17, 15) is 14.8 Å². The van der Waals surface area contributed by atoms with Crippen LogP contribution in [0.2, 0.25) is 0 Å². The number of halogens is 1. The van der Waals surface area contributed by atoms with Crippen LogP contribution in [0.4, 0.5) is 10.3 Å². The molecule has 1 aliphatic heterocycles. The molecule has 7 heteroatoms. The molecule has 0 spiro atoms. The molecule has 0 radical (unpaired) electrons. The summed E-state index contributed by atoms with van der Waals surface area (Å²) in [6.45, 7) is 3.59. The van der Waals surface area contributed by atoms with Gasteiger partial charge in [0, 0.05) is 17.3 Å². The van der Waals surface area contributed by atoms with E-state index in [1.807, 2.05) is 0 Å². The van der Waals surface area contributed by atoms with E-state index in [0.717, 1.165) is 5.56 Å². The first-order chi connectivity index (χ1) is 13.9. The highest BCUT2D eigenvalue weighted by molar-refractivity contribution is 5.60. The van der Waals surface area contributed by atoms with Gasteiger partial charge in [-0.25, -0.2) is 14.4 Å². The average Bonchev–Trinajstić information content (AvgIpc) is 2.72. The van der Waals surface area contributed by atoms with Crippen LogP contribution in [0.15, 0.2) is 54.7 Å². The van der Waals surface area contributed by atoms with Crippen LogP contribution in [0, 0.1) is 17.1 Å². The van der Waals surface area contributed by atoms with E-state index in [4.69, 9.17) is 4.74 Å². The molecule has 29 heavy (non-hydrogen) atoms. The number of fused-ring (bicyclic) bond motifs is 1. The number of aromatic nitrogens is 2. The zero-order chi connectivity index (χ0) is 20.6. The molecule has 3 aromatic rings. The molecule has 146 valence electrons. The van der Waals surface area contributed by atoms with Crippen molar-refractivity contribution in [2.45, 2.75) is 31.6 Å². The van der Waals surface area contributed by atoms with Crippen LogP contribution in [0.5, 0.6) is 5.75 Å². The maximum Gasteiger partial charge on any atom is 0.223 e. The zero-order valence-electron chi connectivity index (χ0n) is 15.9. The molecule has 0 fully saturated rings. The van der Waals surface area contributed by atoms with Crippen LogP contribution >= 0.6 is 0 Å². The van der Waals surface area contributed by atoms with Crippen LogP contribution in [0.25, 0.3) is 11.3 Å². The molecule has 0 saturated heterocycles. The van der Waals surface area contributed by atoms with E-state index in [0.29, 0.717) is 28.5 Å². The summed E-state index contributed by atoms with van der Waals surface area (Å²) in [6.07, 6.45) is 0.680. The molecule has 2 heterocycles. The van der Waals surface area contributed by atoms with Crippen molar-refractivity contribution in [3.63, 3.8) is 0 Å². The Morgan fingerprint density at radius 2 is 1.93 bits per heavy atom. The first-order valence-corrected chi connectivity index (χ1v) is 9.14. The molecule has 0 saturated carbocycles. The highest BCUT2D eigenvalue weighted by atomic mass is 19.1. The summed E-state index contributed by atoms with van der Waals surface area (Å²) in [7, 11) is 0. The van der Waals surface area contributed by atoms with E-state index >= 15 is 0 Å². The molecule has 1 aromatic heterocycles. The Morgan fingerprint density at radius 1 is 1.17 bits per heavy atom. The van der Waals surface area contributed by atoms with E-state index in [-0.39, 0.29) is 5.82 Å². The summed E-state index contributed by atoms with van der Waals surface area (Å²) in [4.78, 5) is 8.76. The Hall–Kier alpha value is -3.50. The number of nitriles is 1. The molecule has 0 unspecified atom stereocenters. The quantitative estimate of drug-likeness (QED) is 0.706. The smallest absolute Gasteiger partial charge is 0.223 e. The van der Waals surface area contributed by atoms with Gasteiger partial charge in [0.15, 0.2) is 0 Å². The highest BCUT2D eigenvalue weighted by Crippen LogP contribution is 2.41. The predicted octanol–water partition coefficient (Wildman–Crippen LogP) is 3.84. The van der Waals surface area contributed by atoms with Crippen molar-refractivity contribution in [1.29, 1.82) is 5.26 Å². The molecule has 2 atom stereocenters. The standard InChI is InChI=1S/C22H19FN4O2/c1-22(2)20(28)19(16-11-13(12-24)3-8-18(16)29-22)27-21-25-10-9-17(26-21)14-4-6-15(23)7-5-14/h3-11,19-20,28H,1-2H3,(H,25,26,27)/t19-,20+/m0/s1. The second-order valence-electron chi connectivity index (χ2n) is 7.41. The number of hydrogen-bond acceptors (Lipinski definition) is 6. The van der Waals surface area contributed by atoms with Crippen LogP contribution in [0.3, 0.4) is 0 Å². The molecule has 2 aromatic carbocycles. The fourth-order valence-corrected chi connectivity index (χ4v) is 3.37. The van der Waals surface area contributed by atoms with Gasteiger partial charge in [0.1, 0.15) is 23.3 Å². The second kappa shape index (κ2) is 7.15. The summed E-state index contributed by atoms with van der Waals surface area (Å²) in [5.74, 6) is 0.576. The van der Waals surface area contributed by atoms with Crippen LogP contribution in [-0.4, -0.2) is 26.8 Å². The van der Waals surface area contributed by atoms with E-state index in [1.54, 1.807) is 56.4 Å². The Balaban J connectivity index is 1.71. The van der Waals surface area contributed by atoms with Crippen molar-refractivity contribution in [1.82, 2.24) is 9.97 Å². The molecule has 0 aliphatic carbocycles. The molecule has 2 N–H and O–H groups in total. The lowest BCUT2D eigenvalue weighted by atomic mass is 9.86. The number of anilines is 1. The number of ether oxygens (including phenoxy) is 1. The predicted molar refractivity (Wildman–Crippen MR) is 106 cm³/mol. The highest BCUT2D eigenvalue weighted by Gasteiger charge is 2.43. The van der Waals surface area contributed by atoms with Gasteiger partial charge in [-0.1, -0.05) is 0 Å². The Morgan fingerprint density at radius 3 is 2.66 bits per heavy atom. The minimum atomic E-state index is -0.915. The average molecular weight is 390 g/mol. The number of rotatable bonds is 3. The van der Waals surface area contributed by atoms with Crippen molar-refractivity contribution in [3.8, 4) is 23.1 Å². The van der Waals surface area contributed by atoms with Crippen LogP contribution in [-0.2, 0) is 0 Å². The second-order valence-corrected chi connectivity index (χ2v) is 7.41. The maximum atomic E-state index is 13.2. The zero-order valence-corrected chi connectivity index (χ0v) is 15.9. The van der Waals surface area contributed by atoms with Crippen LogP contribution in [0.1, 0.15) is 31.0 Å².